The van der Waals surface area contributed by atoms with Crippen LogP contribution in [-0.4, -0.2) is 47.6 Å². The van der Waals surface area contributed by atoms with Crippen LogP contribution in [0.2, 0.25) is 0 Å². The van der Waals surface area contributed by atoms with E-state index in [1.54, 1.807) is 22.7 Å². The highest BCUT2D eigenvalue weighted by molar-refractivity contribution is 5.54. The third kappa shape index (κ3) is 6.28. The Bertz CT molecular complexity index is 1320. The second kappa shape index (κ2) is 12.5. The molecule has 0 N–H and O–H groups in total. The third-order valence-electron chi connectivity index (χ3n) is 7.37. The van der Waals surface area contributed by atoms with Crippen LogP contribution in [-0.2, 0) is 13.0 Å². The highest BCUT2D eigenvalue weighted by atomic mass is 16.5. The molecule has 0 unspecified atom stereocenters. The maximum atomic E-state index is 12.9. The van der Waals surface area contributed by atoms with Gasteiger partial charge in [0.2, 0.25) is 0 Å². The summed E-state index contributed by atoms with van der Waals surface area (Å²) in [5.74, 6) is 0.881. The first-order valence-electron chi connectivity index (χ1n) is 13.6. The summed E-state index contributed by atoms with van der Waals surface area (Å²) in [4.78, 5) is 17.7. The second-order valence-corrected chi connectivity index (χ2v) is 9.84. The number of benzene rings is 3. The van der Waals surface area contributed by atoms with Crippen LogP contribution in [0, 0.1) is 0 Å². The van der Waals surface area contributed by atoms with Crippen LogP contribution in [0.4, 0.5) is 11.4 Å². The molecule has 1 aliphatic heterocycles. The van der Waals surface area contributed by atoms with Crippen molar-refractivity contribution in [3.8, 4) is 11.4 Å². The summed E-state index contributed by atoms with van der Waals surface area (Å²) in [6.45, 7) is 4.50. The molecule has 38 heavy (non-hydrogen) atoms. The van der Waals surface area contributed by atoms with Crippen molar-refractivity contribution >= 4 is 11.4 Å². The van der Waals surface area contributed by atoms with Crippen molar-refractivity contribution in [1.82, 2.24) is 14.3 Å². The van der Waals surface area contributed by atoms with E-state index in [1.165, 1.54) is 29.8 Å². The van der Waals surface area contributed by atoms with Gasteiger partial charge in [-0.15, -0.1) is 0 Å². The Hall–Kier alpha value is -4.00. The first kappa shape index (κ1) is 25.6. The van der Waals surface area contributed by atoms with E-state index in [9.17, 15) is 4.79 Å². The van der Waals surface area contributed by atoms with E-state index in [1.807, 2.05) is 24.3 Å². The number of aromatic nitrogens is 3. The minimum Gasteiger partial charge on any atom is -0.497 e. The van der Waals surface area contributed by atoms with Gasteiger partial charge in [0.15, 0.2) is 0 Å². The molecule has 0 amide bonds. The molecule has 0 atom stereocenters. The monoisotopic (exact) mass is 511 g/mol. The summed E-state index contributed by atoms with van der Waals surface area (Å²) in [5.41, 5.74) is 4.58. The number of hydrogen-bond donors (Lipinski definition) is 0. The molecule has 0 radical (unpaired) electrons. The number of unbranched alkanes of at least 4 members (excludes halogenated alkanes) is 3. The fourth-order valence-corrected chi connectivity index (χ4v) is 5.10. The first-order chi connectivity index (χ1) is 18.7. The fraction of sp³-hybridized carbons (Fsp3) is 0.355. The van der Waals surface area contributed by atoms with Gasteiger partial charge in [-0.3, -0.25) is 0 Å². The van der Waals surface area contributed by atoms with E-state index < -0.39 is 0 Å². The molecule has 5 rings (SSSR count). The van der Waals surface area contributed by atoms with E-state index in [-0.39, 0.29) is 5.69 Å². The van der Waals surface area contributed by atoms with E-state index in [0.29, 0.717) is 6.54 Å². The van der Waals surface area contributed by atoms with Gasteiger partial charge in [0.05, 0.1) is 12.8 Å². The maximum Gasteiger partial charge on any atom is 0.350 e. The number of piperazine rings is 1. The molecule has 3 aromatic carbocycles. The Balaban J connectivity index is 1.09. The molecule has 0 bridgehead atoms. The summed E-state index contributed by atoms with van der Waals surface area (Å²) in [6.07, 6.45) is 7.17. The molecule has 7 nitrogen and oxygen atoms in total. The van der Waals surface area contributed by atoms with Crippen molar-refractivity contribution in [3.05, 3.63) is 101 Å². The smallest absolute Gasteiger partial charge is 0.350 e. The van der Waals surface area contributed by atoms with Gasteiger partial charge in [-0.1, -0.05) is 43.2 Å². The summed E-state index contributed by atoms with van der Waals surface area (Å²) in [5, 5.41) is 4.36. The van der Waals surface area contributed by atoms with Gasteiger partial charge in [0.1, 0.15) is 12.1 Å². The van der Waals surface area contributed by atoms with Crippen molar-refractivity contribution in [2.24, 2.45) is 0 Å². The van der Waals surface area contributed by atoms with Crippen LogP contribution in [0.3, 0.4) is 0 Å². The SMILES string of the molecule is COc1ccc(N2CCN(c3ccc(-n4cnn(CCCCCCc5ccccc5)c4=O)cc3)CC2)cc1. The van der Waals surface area contributed by atoms with Crippen LogP contribution in [0.5, 0.6) is 5.75 Å². The molecule has 198 valence electrons. The number of nitrogens with zero attached hydrogens (tertiary/aromatic N) is 5. The molecule has 1 aromatic heterocycles. The van der Waals surface area contributed by atoms with E-state index in [4.69, 9.17) is 4.74 Å². The number of aryl methyl sites for hydroxylation is 2. The van der Waals surface area contributed by atoms with E-state index in [0.717, 1.165) is 56.9 Å². The van der Waals surface area contributed by atoms with Crippen molar-refractivity contribution in [3.63, 3.8) is 0 Å². The maximum absolute atomic E-state index is 12.9. The quantitative estimate of drug-likeness (QED) is 0.260. The normalized spacial score (nSPS) is 13.6. The number of anilines is 2. The first-order valence-corrected chi connectivity index (χ1v) is 13.6. The predicted molar refractivity (Wildman–Crippen MR) is 154 cm³/mol. The average molecular weight is 512 g/mol. The molecular formula is C31H37N5O2. The molecule has 7 heteroatoms. The summed E-state index contributed by atoms with van der Waals surface area (Å²) < 4.78 is 8.50. The summed E-state index contributed by atoms with van der Waals surface area (Å²) >= 11 is 0. The Morgan fingerprint density at radius 2 is 1.29 bits per heavy atom. The molecule has 2 heterocycles. The Morgan fingerprint density at radius 1 is 0.711 bits per heavy atom. The summed E-state index contributed by atoms with van der Waals surface area (Å²) in [6, 6.07) is 27.1. The highest BCUT2D eigenvalue weighted by Crippen LogP contribution is 2.23. The van der Waals surface area contributed by atoms with Gasteiger partial charge in [0, 0.05) is 44.1 Å². The molecule has 0 spiro atoms. The van der Waals surface area contributed by atoms with Gasteiger partial charge in [0.25, 0.3) is 0 Å². The van der Waals surface area contributed by atoms with Gasteiger partial charge >= 0.3 is 5.69 Å². The van der Waals surface area contributed by atoms with Crippen LogP contribution in [0.25, 0.3) is 5.69 Å². The van der Waals surface area contributed by atoms with Crippen molar-refractivity contribution < 1.29 is 4.74 Å². The standard InChI is InChI=1S/C31H37N5O2/c1-38-30-18-16-28(17-19-30)34-23-21-33(22-24-34)27-12-14-29(15-13-27)35-25-32-36(31(35)37)20-8-3-2-5-9-26-10-6-4-7-11-26/h4,6-7,10-19,25H,2-3,5,8-9,20-24H2,1H3. The van der Waals surface area contributed by atoms with Crippen LogP contribution >= 0.6 is 0 Å². The predicted octanol–water partition coefficient (Wildman–Crippen LogP) is 5.17. The third-order valence-corrected chi connectivity index (χ3v) is 7.37. The van der Waals surface area contributed by atoms with Crippen molar-refractivity contribution in [2.75, 3.05) is 43.1 Å². The second-order valence-electron chi connectivity index (χ2n) is 9.84. The van der Waals surface area contributed by atoms with Gasteiger partial charge in [-0.2, -0.15) is 5.10 Å². The zero-order chi connectivity index (χ0) is 26.2. The lowest BCUT2D eigenvalue weighted by Crippen LogP contribution is -2.46. The Morgan fingerprint density at radius 3 is 1.92 bits per heavy atom. The fourth-order valence-electron chi connectivity index (χ4n) is 5.10. The molecular weight excluding hydrogens is 474 g/mol. The Labute approximate surface area is 224 Å². The number of ether oxygens (including phenoxy) is 1. The average Bonchev–Trinajstić information content (AvgIpc) is 3.35. The van der Waals surface area contributed by atoms with E-state index in [2.05, 4.69) is 69.5 Å². The molecule has 4 aromatic rings. The molecule has 0 aliphatic carbocycles. The van der Waals surface area contributed by atoms with Gasteiger partial charge in [-0.05, 0) is 73.4 Å². The molecule has 1 aliphatic rings. The molecule has 1 fully saturated rings. The van der Waals surface area contributed by atoms with Crippen LogP contribution < -0.4 is 20.2 Å². The lowest BCUT2D eigenvalue weighted by molar-refractivity contribution is 0.415. The molecule has 0 saturated carbocycles. The zero-order valence-corrected chi connectivity index (χ0v) is 22.2. The number of rotatable bonds is 11. The summed E-state index contributed by atoms with van der Waals surface area (Å²) in [7, 11) is 1.69. The van der Waals surface area contributed by atoms with E-state index >= 15 is 0 Å². The van der Waals surface area contributed by atoms with Gasteiger partial charge in [-0.25, -0.2) is 14.0 Å². The van der Waals surface area contributed by atoms with Crippen LogP contribution in [0.1, 0.15) is 31.2 Å². The minimum atomic E-state index is -0.0739. The lowest BCUT2D eigenvalue weighted by atomic mass is 10.1. The van der Waals surface area contributed by atoms with Crippen molar-refractivity contribution in [1.29, 1.82) is 0 Å². The Kier molecular flexibility index (Phi) is 8.43. The van der Waals surface area contributed by atoms with Crippen LogP contribution in [0.15, 0.2) is 90.0 Å². The number of methoxy groups -OCH3 is 1. The largest absolute Gasteiger partial charge is 0.497 e. The zero-order valence-electron chi connectivity index (χ0n) is 22.2. The van der Waals surface area contributed by atoms with Gasteiger partial charge < -0.3 is 14.5 Å². The topological polar surface area (TPSA) is 55.5 Å². The highest BCUT2D eigenvalue weighted by Gasteiger charge is 2.18. The lowest BCUT2D eigenvalue weighted by Gasteiger charge is -2.37. The molecule has 1 saturated heterocycles. The van der Waals surface area contributed by atoms with Crippen molar-refractivity contribution in [2.45, 2.75) is 38.6 Å². The minimum absolute atomic E-state index is 0.0739. The number of hydrogen-bond acceptors (Lipinski definition) is 5.